The van der Waals surface area contributed by atoms with E-state index >= 15 is 0 Å². The first-order chi connectivity index (χ1) is 10.2. The maximum absolute atomic E-state index is 13.5. The van der Waals surface area contributed by atoms with Crippen LogP contribution in [0.2, 0.25) is 0 Å². The molecule has 2 aromatic rings. The van der Waals surface area contributed by atoms with Gasteiger partial charge in [-0.05, 0) is 35.9 Å². The molecule has 3 rings (SSSR count). The van der Waals surface area contributed by atoms with Crippen LogP contribution in [-0.4, -0.2) is 13.2 Å². The van der Waals surface area contributed by atoms with Crippen LogP contribution in [0, 0.1) is 11.6 Å². The molecule has 0 saturated carbocycles. The molecule has 0 unspecified atom stereocenters. The number of benzene rings is 2. The fourth-order valence-electron chi connectivity index (χ4n) is 2.22. The summed E-state index contributed by atoms with van der Waals surface area (Å²) in [7, 11) is 0. The maximum atomic E-state index is 13.5. The predicted octanol–water partition coefficient (Wildman–Crippen LogP) is 3.03. The number of halogens is 2. The first-order valence-corrected chi connectivity index (χ1v) is 6.75. The summed E-state index contributed by atoms with van der Waals surface area (Å²) in [5, 5.41) is 3.09. The highest BCUT2D eigenvalue weighted by Gasteiger charge is 2.11. The van der Waals surface area contributed by atoms with Gasteiger partial charge in [0.15, 0.2) is 11.5 Å². The van der Waals surface area contributed by atoms with E-state index in [9.17, 15) is 8.78 Å². The second-order valence-electron chi connectivity index (χ2n) is 4.82. The molecule has 0 radical (unpaired) electrons. The van der Waals surface area contributed by atoms with Gasteiger partial charge in [-0.2, -0.15) is 0 Å². The quantitative estimate of drug-likeness (QED) is 0.939. The molecule has 110 valence electrons. The molecule has 0 bridgehead atoms. The van der Waals surface area contributed by atoms with Crippen LogP contribution in [0.3, 0.4) is 0 Å². The number of fused-ring (bicyclic) bond motifs is 1. The molecule has 0 atom stereocenters. The van der Waals surface area contributed by atoms with Crippen LogP contribution in [0.1, 0.15) is 11.1 Å². The normalized spacial score (nSPS) is 13.2. The maximum Gasteiger partial charge on any atom is 0.161 e. The Hall–Kier alpha value is -2.14. The van der Waals surface area contributed by atoms with Crippen molar-refractivity contribution in [2.45, 2.75) is 13.1 Å². The van der Waals surface area contributed by atoms with E-state index in [1.807, 2.05) is 18.2 Å². The molecule has 1 heterocycles. The van der Waals surface area contributed by atoms with Crippen LogP contribution in [0.15, 0.2) is 36.4 Å². The van der Waals surface area contributed by atoms with Crippen LogP contribution < -0.4 is 14.8 Å². The topological polar surface area (TPSA) is 30.5 Å². The fraction of sp³-hybridized carbons (Fsp3) is 0.250. The number of rotatable bonds is 4. The first kappa shape index (κ1) is 13.8. The van der Waals surface area contributed by atoms with Gasteiger partial charge in [0.1, 0.15) is 24.8 Å². The standard InChI is InChI=1S/C16H15F2NO2/c17-13-2-3-14(18)12(8-13)10-19-9-11-1-4-15-16(7-11)21-6-5-20-15/h1-4,7-8,19H,5-6,9-10H2. The van der Waals surface area contributed by atoms with Crippen LogP contribution in [0.25, 0.3) is 0 Å². The summed E-state index contributed by atoms with van der Waals surface area (Å²) >= 11 is 0. The van der Waals surface area contributed by atoms with Crippen molar-refractivity contribution in [2.24, 2.45) is 0 Å². The minimum Gasteiger partial charge on any atom is -0.486 e. The molecular weight excluding hydrogens is 276 g/mol. The van der Waals surface area contributed by atoms with E-state index in [0.29, 0.717) is 25.3 Å². The molecule has 0 amide bonds. The average Bonchev–Trinajstić information content (AvgIpc) is 2.50. The summed E-state index contributed by atoms with van der Waals surface area (Å²) in [5.74, 6) is 0.609. The lowest BCUT2D eigenvalue weighted by molar-refractivity contribution is 0.171. The van der Waals surface area contributed by atoms with E-state index in [1.165, 1.54) is 6.07 Å². The van der Waals surface area contributed by atoms with Gasteiger partial charge in [-0.3, -0.25) is 0 Å². The van der Waals surface area contributed by atoms with Gasteiger partial charge in [0, 0.05) is 18.7 Å². The van der Waals surface area contributed by atoms with Crippen molar-refractivity contribution in [3.05, 3.63) is 59.2 Å². The highest BCUT2D eigenvalue weighted by atomic mass is 19.1. The van der Waals surface area contributed by atoms with Crippen LogP contribution in [0.4, 0.5) is 8.78 Å². The smallest absolute Gasteiger partial charge is 0.161 e. The Morgan fingerprint density at radius 2 is 1.71 bits per heavy atom. The number of ether oxygens (including phenoxy) is 2. The Balaban J connectivity index is 1.61. The third-order valence-corrected chi connectivity index (χ3v) is 3.26. The average molecular weight is 291 g/mol. The summed E-state index contributed by atoms with van der Waals surface area (Å²) in [6.07, 6.45) is 0. The van der Waals surface area contributed by atoms with Gasteiger partial charge in [0.25, 0.3) is 0 Å². The highest BCUT2D eigenvalue weighted by Crippen LogP contribution is 2.30. The number of hydrogen-bond acceptors (Lipinski definition) is 3. The van der Waals surface area contributed by atoms with Crippen molar-refractivity contribution in [3.63, 3.8) is 0 Å². The largest absolute Gasteiger partial charge is 0.486 e. The summed E-state index contributed by atoms with van der Waals surface area (Å²) in [6.45, 7) is 1.90. The SMILES string of the molecule is Fc1ccc(F)c(CNCc2ccc3c(c2)OCCO3)c1. The summed E-state index contributed by atoms with van der Waals surface area (Å²) < 4.78 is 37.5. The van der Waals surface area contributed by atoms with Gasteiger partial charge in [-0.15, -0.1) is 0 Å². The Kier molecular flexibility index (Phi) is 4.01. The molecule has 5 heteroatoms. The molecule has 0 aliphatic carbocycles. The number of hydrogen-bond donors (Lipinski definition) is 1. The summed E-state index contributed by atoms with van der Waals surface area (Å²) in [4.78, 5) is 0. The summed E-state index contributed by atoms with van der Waals surface area (Å²) in [5.41, 5.74) is 1.31. The predicted molar refractivity (Wildman–Crippen MR) is 74.3 cm³/mol. The highest BCUT2D eigenvalue weighted by molar-refractivity contribution is 5.43. The molecule has 0 fully saturated rings. The van der Waals surface area contributed by atoms with Crippen LogP contribution >= 0.6 is 0 Å². The van der Waals surface area contributed by atoms with E-state index in [4.69, 9.17) is 9.47 Å². The number of nitrogens with one attached hydrogen (secondary N) is 1. The van der Waals surface area contributed by atoms with E-state index < -0.39 is 11.6 Å². The second kappa shape index (κ2) is 6.10. The molecule has 21 heavy (non-hydrogen) atoms. The monoisotopic (exact) mass is 291 g/mol. The molecule has 3 nitrogen and oxygen atoms in total. The molecular formula is C16H15F2NO2. The minimum atomic E-state index is -0.437. The van der Waals surface area contributed by atoms with E-state index in [2.05, 4.69) is 5.32 Å². The van der Waals surface area contributed by atoms with Crippen molar-refractivity contribution < 1.29 is 18.3 Å². The third kappa shape index (κ3) is 3.31. The Bertz CT molecular complexity index is 646. The van der Waals surface area contributed by atoms with Crippen molar-refractivity contribution in [1.29, 1.82) is 0 Å². The molecule has 2 aromatic carbocycles. The third-order valence-electron chi connectivity index (χ3n) is 3.26. The Labute approximate surface area is 121 Å². The second-order valence-corrected chi connectivity index (χ2v) is 4.82. The van der Waals surface area contributed by atoms with Crippen molar-refractivity contribution in [1.82, 2.24) is 5.32 Å². The zero-order valence-corrected chi connectivity index (χ0v) is 11.4. The van der Waals surface area contributed by atoms with Gasteiger partial charge in [0.05, 0.1) is 0 Å². The van der Waals surface area contributed by atoms with Crippen LogP contribution in [-0.2, 0) is 13.1 Å². The molecule has 0 spiro atoms. The van der Waals surface area contributed by atoms with Gasteiger partial charge in [-0.25, -0.2) is 8.78 Å². The lowest BCUT2D eigenvalue weighted by Crippen LogP contribution is -2.17. The fourth-order valence-corrected chi connectivity index (χ4v) is 2.22. The Morgan fingerprint density at radius 1 is 0.905 bits per heavy atom. The molecule has 1 aliphatic heterocycles. The van der Waals surface area contributed by atoms with E-state index in [-0.39, 0.29) is 6.54 Å². The van der Waals surface area contributed by atoms with Crippen molar-refractivity contribution in [3.8, 4) is 11.5 Å². The first-order valence-electron chi connectivity index (χ1n) is 6.75. The lowest BCUT2D eigenvalue weighted by Gasteiger charge is -2.19. The van der Waals surface area contributed by atoms with Gasteiger partial charge in [-0.1, -0.05) is 6.07 Å². The van der Waals surface area contributed by atoms with Gasteiger partial charge in [0.2, 0.25) is 0 Å². The molecule has 1 N–H and O–H groups in total. The van der Waals surface area contributed by atoms with Gasteiger partial charge >= 0.3 is 0 Å². The zero-order chi connectivity index (χ0) is 14.7. The van der Waals surface area contributed by atoms with Gasteiger partial charge < -0.3 is 14.8 Å². The van der Waals surface area contributed by atoms with Crippen molar-refractivity contribution >= 4 is 0 Å². The molecule has 1 aliphatic rings. The minimum absolute atomic E-state index is 0.262. The Morgan fingerprint density at radius 3 is 2.57 bits per heavy atom. The lowest BCUT2D eigenvalue weighted by atomic mass is 10.1. The van der Waals surface area contributed by atoms with E-state index in [1.54, 1.807) is 0 Å². The van der Waals surface area contributed by atoms with E-state index in [0.717, 1.165) is 29.2 Å². The molecule has 0 saturated heterocycles. The summed E-state index contributed by atoms with van der Waals surface area (Å²) in [6, 6.07) is 9.11. The van der Waals surface area contributed by atoms with Crippen LogP contribution in [0.5, 0.6) is 11.5 Å². The van der Waals surface area contributed by atoms with Crippen molar-refractivity contribution in [2.75, 3.05) is 13.2 Å². The zero-order valence-electron chi connectivity index (χ0n) is 11.4. The molecule has 0 aromatic heterocycles.